The van der Waals surface area contributed by atoms with Crippen LogP contribution in [0.25, 0.3) is 0 Å². The van der Waals surface area contributed by atoms with Crippen molar-refractivity contribution < 1.29 is 14.3 Å². The minimum Gasteiger partial charge on any atom is -0.465 e. The van der Waals surface area contributed by atoms with E-state index in [2.05, 4.69) is 4.90 Å². The third-order valence-electron chi connectivity index (χ3n) is 6.09. The van der Waals surface area contributed by atoms with Gasteiger partial charge in [-0.3, -0.25) is 0 Å². The van der Waals surface area contributed by atoms with Gasteiger partial charge < -0.3 is 14.4 Å². The third-order valence-corrected chi connectivity index (χ3v) is 6.40. The van der Waals surface area contributed by atoms with Crippen LogP contribution in [0.1, 0.15) is 55.3 Å². The van der Waals surface area contributed by atoms with Crippen molar-refractivity contribution in [3.05, 3.63) is 28.8 Å². The first-order chi connectivity index (χ1) is 12.1. The highest BCUT2D eigenvalue weighted by Gasteiger charge is 2.42. The zero-order valence-electron chi connectivity index (χ0n) is 15.2. The molecule has 1 aliphatic carbocycles. The van der Waals surface area contributed by atoms with E-state index in [9.17, 15) is 4.79 Å². The number of hydrogen-bond acceptors (Lipinski definition) is 4. The summed E-state index contributed by atoms with van der Waals surface area (Å²) in [6.45, 7) is 1.91. The summed E-state index contributed by atoms with van der Waals surface area (Å²) in [6, 6.07) is 5.58. The molecule has 0 bridgehead atoms. The molecule has 5 heteroatoms. The molecule has 0 unspecified atom stereocenters. The summed E-state index contributed by atoms with van der Waals surface area (Å²) in [6.07, 6.45) is 8.73. The Hall–Kier alpha value is -1.26. The van der Waals surface area contributed by atoms with Crippen LogP contribution in [-0.4, -0.2) is 38.9 Å². The topological polar surface area (TPSA) is 38.8 Å². The highest BCUT2D eigenvalue weighted by molar-refractivity contribution is 6.33. The Kier molecular flexibility index (Phi) is 5.90. The van der Waals surface area contributed by atoms with Crippen LogP contribution in [0, 0.1) is 5.92 Å². The van der Waals surface area contributed by atoms with E-state index in [1.54, 1.807) is 6.07 Å². The number of hydrogen-bond donors (Lipinski definition) is 0. The smallest absolute Gasteiger partial charge is 0.339 e. The molecule has 1 aromatic rings. The number of benzene rings is 1. The number of rotatable bonds is 4. The molecule has 2 fully saturated rings. The molecule has 1 saturated carbocycles. The number of esters is 1. The number of nitrogens with zero attached hydrogens (tertiary/aromatic N) is 1. The van der Waals surface area contributed by atoms with E-state index >= 15 is 0 Å². The predicted molar refractivity (Wildman–Crippen MR) is 101 cm³/mol. The lowest BCUT2D eigenvalue weighted by molar-refractivity contribution is -0.0856. The average molecular weight is 366 g/mol. The average Bonchev–Trinajstić information content (AvgIpc) is 2.68. The zero-order chi connectivity index (χ0) is 17.9. The van der Waals surface area contributed by atoms with Crippen LogP contribution in [0.3, 0.4) is 0 Å². The van der Waals surface area contributed by atoms with Crippen molar-refractivity contribution in [2.75, 3.05) is 32.2 Å². The lowest BCUT2D eigenvalue weighted by Crippen LogP contribution is -2.50. The van der Waals surface area contributed by atoms with Gasteiger partial charge in [0.1, 0.15) is 0 Å². The number of ether oxygens (including phenoxy) is 2. The Labute approximate surface area is 155 Å². The first-order valence-electron chi connectivity index (χ1n) is 9.27. The minimum atomic E-state index is -0.397. The van der Waals surface area contributed by atoms with Gasteiger partial charge in [-0.15, -0.1) is 0 Å². The first-order valence-corrected chi connectivity index (χ1v) is 9.65. The number of piperidine rings is 1. The fraction of sp³-hybridized carbons (Fsp3) is 0.650. The van der Waals surface area contributed by atoms with Crippen LogP contribution >= 0.6 is 11.6 Å². The molecule has 2 aliphatic rings. The quantitative estimate of drug-likeness (QED) is 0.725. The van der Waals surface area contributed by atoms with E-state index in [0.717, 1.165) is 31.6 Å². The van der Waals surface area contributed by atoms with Crippen molar-refractivity contribution in [2.45, 2.75) is 50.5 Å². The van der Waals surface area contributed by atoms with Gasteiger partial charge in [0.25, 0.3) is 0 Å². The second-order valence-corrected chi connectivity index (χ2v) is 7.65. The lowest BCUT2D eigenvalue weighted by atomic mass is 9.72. The Balaban J connectivity index is 1.69. The van der Waals surface area contributed by atoms with Gasteiger partial charge in [-0.05, 0) is 49.8 Å². The molecule has 3 rings (SSSR count). The first kappa shape index (κ1) is 18.5. The summed E-state index contributed by atoms with van der Waals surface area (Å²) in [5.74, 6) is 0.296. The lowest BCUT2D eigenvalue weighted by Gasteiger charge is -2.47. The molecule has 4 nitrogen and oxygen atoms in total. The maximum Gasteiger partial charge on any atom is 0.339 e. The molecular formula is C20H28ClNO3. The SMILES string of the molecule is COC(=O)c1ccc(N2CCC(OC)(C3CCCCC3)CC2)cc1Cl. The summed E-state index contributed by atoms with van der Waals surface area (Å²) in [5.41, 5.74) is 1.51. The Bertz CT molecular complexity index is 605. The van der Waals surface area contributed by atoms with Gasteiger partial charge in [0.2, 0.25) is 0 Å². The molecule has 0 aromatic heterocycles. The fourth-order valence-electron chi connectivity index (χ4n) is 4.53. The molecule has 0 spiro atoms. The van der Waals surface area contributed by atoms with Crippen molar-refractivity contribution in [3.8, 4) is 0 Å². The highest BCUT2D eigenvalue weighted by atomic mass is 35.5. The number of halogens is 1. The normalized spacial score (nSPS) is 21.2. The fourth-order valence-corrected chi connectivity index (χ4v) is 4.78. The van der Waals surface area contributed by atoms with E-state index in [1.165, 1.54) is 39.2 Å². The molecule has 0 N–H and O–H groups in total. The van der Waals surface area contributed by atoms with Crippen LogP contribution in [-0.2, 0) is 9.47 Å². The standard InChI is InChI=1S/C20H28ClNO3/c1-24-19(23)17-9-8-16(14-18(17)21)22-12-10-20(25-2,11-13-22)15-6-4-3-5-7-15/h8-9,14-15H,3-7,10-13H2,1-2H3. The van der Waals surface area contributed by atoms with E-state index < -0.39 is 5.97 Å². The molecule has 1 aliphatic heterocycles. The summed E-state index contributed by atoms with van der Waals surface area (Å²) < 4.78 is 10.8. The molecule has 0 radical (unpaired) electrons. The van der Waals surface area contributed by atoms with Crippen LogP contribution in [0.4, 0.5) is 5.69 Å². The van der Waals surface area contributed by atoms with E-state index in [-0.39, 0.29) is 5.60 Å². The van der Waals surface area contributed by atoms with Crippen LogP contribution in [0.2, 0.25) is 5.02 Å². The minimum absolute atomic E-state index is 0.0344. The van der Waals surface area contributed by atoms with Crippen molar-refractivity contribution in [1.82, 2.24) is 0 Å². The van der Waals surface area contributed by atoms with Crippen LogP contribution < -0.4 is 4.90 Å². The maximum atomic E-state index is 11.7. The summed E-state index contributed by atoms with van der Waals surface area (Å²) in [4.78, 5) is 14.0. The highest BCUT2D eigenvalue weighted by Crippen LogP contribution is 2.42. The molecule has 0 atom stereocenters. The maximum absolute atomic E-state index is 11.7. The molecule has 1 aromatic carbocycles. The molecule has 0 amide bonds. The van der Waals surface area contributed by atoms with E-state index in [1.807, 2.05) is 19.2 Å². The molecule has 1 heterocycles. The Morgan fingerprint density at radius 1 is 1.16 bits per heavy atom. The van der Waals surface area contributed by atoms with Gasteiger partial charge in [0.05, 0.1) is 23.3 Å². The molecular weight excluding hydrogens is 338 g/mol. The number of anilines is 1. The van der Waals surface area contributed by atoms with Gasteiger partial charge in [-0.1, -0.05) is 30.9 Å². The summed E-state index contributed by atoms with van der Waals surface area (Å²) in [5, 5.41) is 0.445. The summed E-state index contributed by atoms with van der Waals surface area (Å²) >= 11 is 6.28. The molecule has 1 saturated heterocycles. The van der Waals surface area contributed by atoms with E-state index in [4.69, 9.17) is 21.1 Å². The van der Waals surface area contributed by atoms with Gasteiger partial charge in [-0.2, -0.15) is 0 Å². The van der Waals surface area contributed by atoms with Crippen molar-refractivity contribution in [2.24, 2.45) is 5.92 Å². The number of methoxy groups -OCH3 is 2. The van der Waals surface area contributed by atoms with Crippen molar-refractivity contribution >= 4 is 23.3 Å². The third kappa shape index (κ3) is 3.80. The van der Waals surface area contributed by atoms with Gasteiger partial charge in [-0.25, -0.2) is 4.79 Å². The van der Waals surface area contributed by atoms with Gasteiger partial charge in [0, 0.05) is 25.9 Å². The second kappa shape index (κ2) is 7.96. The number of carbonyl (C=O) groups excluding carboxylic acids is 1. The van der Waals surface area contributed by atoms with Crippen molar-refractivity contribution in [1.29, 1.82) is 0 Å². The van der Waals surface area contributed by atoms with Gasteiger partial charge >= 0.3 is 5.97 Å². The van der Waals surface area contributed by atoms with Crippen LogP contribution in [0.15, 0.2) is 18.2 Å². The summed E-state index contributed by atoms with van der Waals surface area (Å²) in [7, 11) is 3.25. The van der Waals surface area contributed by atoms with Gasteiger partial charge in [0.15, 0.2) is 0 Å². The number of carbonyl (C=O) groups is 1. The largest absolute Gasteiger partial charge is 0.465 e. The zero-order valence-corrected chi connectivity index (χ0v) is 16.0. The molecule has 138 valence electrons. The van der Waals surface area contributed by atoms with Crippen molar-refractivity contribution in [3.63, 3.8) is 0 Å². The molecule has 25 heavy (non-hydrogen) atoms. The monoisotopic (exact) mass is 365 g/mol. The second-order valence-electron chi connectivity index (χ2n) is 7.25. The predicted octanol–water partition coefficient (Wildman–Crippen LogP) is 4.69. The Morgan fingerprint density at radius 2 is 1.84 bits per heavy atom. The van der Waals surface area contributed by atoms with Crippen LogP contribution in [0.5, 0.6) is 0 Å². The van der Waals surface area contributed by atoms with E-state index in [0.29, 0.717) is 16.5 Å². The Morgan fingerprint density at radius 3 is 2.40 bits per heavy atom.